The van der Waals surface area contributed by atoms with Crippen molar-refractivity contribution in [3.05, 3.63) is 89.0 Å². The van der Waals surface area contributed by atoms with Crippen LogP contribution in [0.25, 0.3) is 33.7 Å². The molecule has 168 valence electrons. The number of fused-ring (bicyclic) bond motifs is 2. The number of aromatic nitrogens is 4. The summed E-state index contributed by atoms with van der Waals surface area (Å²) in [5, 5.41) is 0. The molecule has 2 aliphatic heterocycles. The van der Waals surface area contributed by atoms with Gasteiger partial charge >= 0.3 is 0 Å². The summed E-state index contributed by atoms with van der Waals surface area (Å²) in [4.78, 5) is 44.8. The van der Waals surface area contributed by atoms with Crippen molar-refractivity contribution < 1.29 is 4.79 Å². The summed E-state index contributed by atoms with van der Waals surface area (Å²) < 4.78 is 0. The first-order chi connectivity index (χ1) is 16.7. The lowest BCUT2D eigenvalue weighted by atomic mass is 10.1. The van der Waals surface area contributed by atoms with Crippen molar-refractivity contribution in [3.63, 3.8) is 0 Å². The number of aromatic amines is 2. The van der Waals surface area contributed by atoms with Gasteiger partial charge in [-0.15, -0.1) is 0 Å². The van der Waals surface area contributed by atoms with E-state index < -0.39 is 0 Å². The fraction of sp³-hybridized carbons (Fsp3) is 0.154. The van der Waals surface area contributed by atoms with Crippen molar-refractivity contribution in [1.82, 2.24) is 24.8 Å². The molecule has 1 saturated heterocycles. The summed E-state index contributed by atoms with van der Waals surface area (Å²) >= 11 is 0. The number of piperazine rings is 1. The monoisotopic (exact) mass is 450 g/mol. The Bertz CT molecular complexity index is 1520. The van der Waals surface area contributed by atoms with Gasteiger partial charge in [0.1, 0.15) is 5.82 Å². The first kappa shape index (κ1) is 20.2. The first-order valence-corrected chi connectivity index (χ1v) is 11.2. The highest BCUT2D eigenvalue weighted by molar-refractivity contribution is 5.98. The van der Waals surface area contributed by atoms with Crippen LogP contribution < -0.4 is 10.5 Å². The Morgan fingerprint density at radius 3 is 2.50 bits per heavy atom. The SMILES string of the molecule is O=C(c1ccc2[nH]c(-c3c4cccccc-4[nH]c3=O)nc2c1)N1CCN(c2ccncc2)CC1. The van der Waals surface area contributed by atoms with E-state index in [0.717, 1.165) is 35.6 Å². The van der Waals surface area contributed by atoms with E-state index in [2.05, 4.69) is 24.8 Å². The van der Waals surface area contributed by atoms with Crippen LogP contribution in [0.3, 0.4) is 0 Å². The molecular formula is C26H22N6O2. The summed E-state index contributed by atoms with van der Waals surface area (Å²) in [6.45, 7) is 2.84. The van der Waals surface area contributed by atoms with E-state index in [4.69, 9.17) is 0 Å². The Labute approximate surface area is 195 Å². The molecule has 2 N–H and O–H groups in total. The number of hydrogen-bond acceptors (Lipinski definition) is 5. The van der Waals surface area contributed by atoms with E-state index in [-0.39, 0.29) is 11.5 Å². The van der Waals surface area contributed by atoms with Gasteiger partial charge in [-0.2, -0.15) is 0 Å². The molecule has 6 rings (SSSR count). The van der Waals surface area contributed by atoms with Crippen molar-refractivity contribution in [2.24, 2.45) is 0 Å². The van der Waals surface area contributed by atoms with Gasteiger partial charge in [0, 0.05) is 61.1 Å². The minimum absolute atomic E-state index is 0.00976. The number of carbonyl (C=O) groups is 1. The Morgan fingerprint density at radius 2 is 1.68 bits per heavy atom. The third-order valence-electron chi connectivity index (χ3n) is 6.34. The zero-order chi connectivity index (χ0) is 23.1. The molecule has 0 atom stereocenters. The molecule has 1 aromatic carbocycles. The van der Waals surface area contributed by atoms with E-state index in [1.807, 2.05) is 59.5 Å². The molecule has 0 bridgehead atoms. The van der Waals surface area contributed by atoms with Gasteiger partial charge in [0.25, 0.3) is 11.5 Å². The average Bonchev–Trinajstić information content (AvgIpc) is 3.35. The van der Waals surface area contributed by atoms with E-state index in [1.165, 1.54) is 0 Å². The van der Waals surface area contributed by atoms with Gasteiger partial charge in [-0.1, -0.05) is 24.3 Å². The lowest BCUT2D eigenvalue weighted by Crippen LogP contribution is -2.48. The van der Waals surface area contributed by atoms with Crippen LogP contribution in [0.4, 0.5) is 5.69 Å². The maximum Gasteiger partial charge on any atom is 0.260 e. The molecule has 0 spiro atoms. The van der Waals surface area contributed by atoms with Gasteiger partial charge in [-0.25, -0.2) is 4.98 Å². The normalized spacial score (nSPS) is 14.1. The number of rotatable bonds is 3. The molecular weight excluding hydrogens is 428 g/mol. The molecule has 8 heteroatoms. The number of anilines is 1. The van der Waals surface area contributed by atoms with Crippen LogP contribution in [0, 0.1) is 0 Å². The quantitative estimate of drug-likeness (QED) is 0.439. The van der Waals surface area contributed by atoms with E-state index in [9.17, 15) is 9.59 Å². The topological polar surface area (TPSA) is 98.0 Å². The van der Waals surface area contributed by atoms with E-state index in [0.29, 0.717) is 35.6 Å². The van der Waals surface area contributed by atoms with Crippen molar-refractivity contribution in [3.8, 4) is 22.6 Å². The van der Waals surface area contributed by atoms with Gasteiger partial charge in [0.05, 0.1) is 16.6 Å². The maximum absolute atomic E-state index is 13.2. The van der Waals surface area contributed by atoms with Crippen LogP contribution in [-0.4, -0.2) is 56.9 Å². The smallest absolute Gasteiger partial charge is 0.260 e. The minimum Gasteiger partial charge on any atom is -0.368 e. The molecule has 0 saturated carbocycles. The van der Waals surface area contributed by atoms with Crippen molar-refractivity contribution in [2.75, 3.05) is 31.1 Å². The lowest BCUT2D eigenvalue weighted by Gasteiger charge is -2.36. The summed E-state index contributed by atoms with van der Waals surface area (Å²) in [6, 6.07) is 18.9. The fourth-order valence-electron chi connectivity index (χ4n) is 4.58. The molecule has 34 heavy (non-hydrogen) atoms. The third kappa shape index (κ3) is 3.49. The summed E-state index contributed by atoms with van der Waals surface area (Å²) in [7, 11) is 0. The van der Waals surface area contributed by atoms with Crippen molar-refractivity contribution >= 4 is 22.6 Å². The number of amides is 1. The molecule has 4 heterocycles. The second kappa shape index (κ2) is 8.15. The van der Waals surface area contributed by atoms with Gasteiger partial charge in [-0.3, -0.25) is 14.6 Å². The number of pyridine rings is 1. The molecule has 1 amide bonds. The first-order valence-electron chi connectivity index (χ1n) is 11.2. The number of benzene rings is 1. The van der Waals surface area contributed by atoms with Gasteiger partial charge < -0.3 is 19.8 Å². The number of carbonyl (C=O) groups excluding carboxylic acids is 1. The van der Waals surface area contributed by atoms with Crippen LogP contribution in [0.15, 0.2) is 77.9 Å². The Morgan fingerprint density at radius 1 is 0.882 bits per heavy atom. The number of nitrogens with zero attached hydrogens (tertiary/aromatic N) is 4. The van der Waals surface area contributed by atoms with E-state index >= 15 is 0 Å². The molecule has 0 radical (unpaired) electrons. The summed E-state index contributed by atoms with van der Waals surface area (Å²) in [5.41, 5.74) is 5.02. The highest BCUT2D eigenvalue weighted by Gasteiger charge is 2.23. The average molecular weight is 451 g/mol. The van der Waals surface area contributed by atoms with Crippen LogP contribution in [0.1, 0.15) is 10.4 Å². The number of H-pyrrole nitrogens is 2. The number of nitrogens with one attached hydrogen (secondary N) is 2. The maximum atomic E-state index is 13.2. The Kier molecular flexibility index (Phi) is 4.83. The zero-order valence-electron chi connectivity index (χ0n) is 18.4. The highest BCUT2D eigenvalue weighted by atomic mass is 16.2. The Hall–Kier alpha value is -4.46. The molecule has 1 fully saturated rings. The van der Waals surface area contributed by atoms with Crippen LogP contribution >= 0.6 is 0 Å². The van der Waals surface area contributed by atoms with E-state index in [1.54, 1.807) is 18.5 Å². The summed E-state index contributed by atoms with van der Waals surface area (Å²) in [5.74, 6) is 0.484. The van der Waals surface area contributed by atoms with Gasteiger partial charge in [0.2, 0.25) is 0 Å². The van der Waals surface area contributed by atoms with Crippen molar-refractivity contribution in [2.45, 2.75) is 0 Å². The lowest BCUT2D eigenvalue weighted by molar-refractivity contribution is 0.0747. The molecule has 3 aromatic rings. The van der Waals surface area contributed by atoms with Crippen LogP contribution in [0.5, 0.6) is 0 Å². The second-order valence-electron chi connectivity index (χ2n) is 8.37. The largest absolute Gasteiger partial charge is 0.368 e. The summed E-state index contributed by atoms with van der Waals surface area (Å²) in [6.07, 6.45) is 3.57. The molecule has 3 aliphatic rings. The van der Waals surface area contributed by atoms with Gasteiger partial charge in [0.15, 0.2) is 0 Å². The molecule has 2 aromatic heterocycles. The minimum atomic E-state index is -0.191. The molecule has 8 nitrogen and oxygen atoms in total. The molecule has 0 unspecified atom stereocenters. The number of imidazole rings is 1. The third-order valence-corrected chi connectivity index (χ3v) is 6.34. The highest BCUT2D eigenvalue weighted by Crippen LogP contribution is 2.29. The second-order valence-corrected chi connectivity index (χ2v) is 8.37. The number of hydrogen-bond donors (Lipinski definition) is 2. The fourth-order valence-corrected chi connectivity index (χ4v) is 4.58. The predicted molar refractivity (Wildman–Crippen MR) is 131 cm³/mol. The van der Waals surface area contributed by atoms with Crippen LogP contribution in [0.2, 0.25) is 0 Å². The molecule has 1 aliphatic carbocycles. The zero-order valence-corrected chi connectivity index (χ0v) is 18.4. The predicted octanol–water partition coefficient (Wildman–Crippen LogP) is 3.38. The van der Waals surface area contributed by atoms with Gasteiger partial charge in [-0.05, 0) is 36.4 Å². The van der Waals surface area contributed by atoms with Crippen LogP contribution in [-0.2, 0) is 0 Å². The van der Waals surface area contributed by atoms with Crippen molar-refractivity contribution in [1.29, 1.82) is 0 Å². The standard InChI is InChI=1S/C26H22N6O2/c33-25-23(19-4-2-1-3-5-20(19)30-25)24-28-21-7-6-17(16-22(21)29-24)26(34)32-14-12-31(13-15-32)18-8-10-27-11-9-18/h1-11,16H,12-15H2,(H,28,29)(H,30,33). The Balaban J connectivity index is 1.25.